The summed E-state index contributed by atoms with van der Waals surface area (Å²) in [4.78, 5) is 23.4. The first kappa shape index (κ1) is 17.2. The van der Waals surface area contributed by atoms with Crippen LogP contribution in [0.15, 0.2) is 0 Å². The van der Waals surface area contributed by atoms with Gasteiger partial charge in [-0.2, -0.15) is 0 Å². The van der Waals surface area contributed by atoms with E-state index in [2.05, 4.69) is 10.7 Å². The van der Waals surface area contributed by atoms with E-state index in [1.165, 1.54) is 5.01 Å². The van der Waals surface area contributed by atoms with Crippen molar-refractivity contribution in [3.63, 3.8) is 0 Å². The van der Waals surface area contributed by atoms with Gasteiger partial charge < -0.3 is 10.1 Å². The van der Waals surface area contributed by atoms with Crippen molar-refractivity contribution in [2.24, 2.45) is 0 Å². The summed E-state index contributed by atoms with van der Waals surface area (Å²) in [7, 11) is 1.72. The average Bonchev–Trinajstić information content (AvgIpc) is 2.42. The van der Waals surface area contributed by atoms with Crippen molar-refractivity contribution in [3.05, 3.63) is 0 Å². The van der Waals surface area contributed by atoms with Gasteiger partial charge in [0.15, 0.2) is 0 Å². The van der Waals surface area contributed by atoms with Gasteiger partial charge in [0, 0.05) is 6.54 Å². The van der Waals surface area contributed by atoms with Crippen LogP contribution in [-0.4, -0.2) is 54.0 Å². The summed E-state index contributed by atoms with van der Waals surface area (Å²) in [5, 5.41) is 4.37. The molecule has 7 heteroatoms. The Morgan fingerprint density at radius 1 is 1.55 bits per heavy atom. The summed E-state index contributed by atoms with van der Waals surface area (Å²) in [6.07, 6.45) is 1.42. The third kappa shape index (κ3) is 5.26. The molecule has 0 aromatic heterocycles. The molecule has 1 fully saturated rings. The molecule has 1 rings (SSSR count). The lowest BCUT2D eigenvalue weighted by molar-refractivity contribution is -0.153. The fraction of sp³-hybridized carbons (Fsp3) is 0.846. The molecule has 1 aliphatic heterocycles. The maximum absolute atomic E-state index is 12.0. The minimum absolute atomic E-state index is 0.0809. The molecule has 1 aliphatic rings. The van der Waals surface area contributed by atoms with Gasteiger partial charge in [-0.25, -0.2) is 5.43 Å². The van der Waals surface area contributed by atoms with E-state index in [4.69, 9.17) is 16.3 Å². The summed E-state index contributed by atoms with van der Waals surface area (Å²) in [5.41, 5.74) is 2.93. The Morgan fingerprint density at radius 2 is 2.20 bits per heavy atom. The normalized spacial score (nSPS) is 21.4. The summed E-state index contributed by atoms with van der Waals surface area (Å²) < 4.78 is 5.17. The fourth-order valence-corrected chi connectivity index (χ4v) is 1.87. The van der Waals surface area contributed by atoms with E-state index in [9.17, 15) is 9.59 Å². The number of hydrogen-bond donors (Lipinski definition) is 2. The van der Waals surface area contributed by atoms with Gasteiger partial charge in [0.05, 0.1) is 10.9 Å². The Bertz CT molecular complexity index is 357. The zero-order chi connectivity index (χ0) is 15.3. The predicted octanol–water partition coefficient (Wildman–Crippen LogP) is 0.651. The van der Waals surface area contributed by atoms with Crippen LogP contribution in [0.5, 0.6) is 0 Å². The Hall–Kier alpha value is -0.850. The van der Waals surface area contributed by atoms with Gasteiger partial charge in [0.2, 0.25) is 0 Å². The van der Waals surface area contributed by atoms with E-state index >= 15 is 0 Å². The van der Waals surface area contributed by atoms with E-state index in [0.29, 0.717) is 13.0 Å². The average molecular weight is 306 g/mol. The molecular weight excluding hydrogens is 282 g/mol. The highest BCUT2D eigenvalue weighted by Gasteiger charge is 2.31. The highest BCUT2D eigenvalue weighted by atomic mass is 35.5. The van der Waals surface area contributed by atoms with Gasteiger partial charge in [-0.3, -0.25) is 14.6 Å². The molecule has 0 radical (unpaired) electrons. The molecule has 1 amide bonds. The van der Waals surface area contributed by atoms with Crippen LogP contribution in [0.2, 0.25) is 0 Å². The highest BCUT2D eigenvalue weighted by Crippen LogP contribution is 2.15. The number of esters is 1. The van der Waals surface area contributed by atoms with E-state index in [1.54, 1.807) is 27.8 Å². The van der Waals surface area contributed by atoms with Gasteiger partial charge in [0.25, 0.3) is 5.91 Å². The lowest BCUT2D eigenvalue weighted by atomic mass is 10.1. The van der Waals surface area contributed by atoms with Crippen LogP contribution in [0.4, 0.5) is 0 Å². The smallest absolute Gasteiger partial charge is 0.325 e. The molecule has 0 aliphatic carbocycles. The molecule has 0 bridgehead atoms. The van der Waals surface area contributed by atoms with E-state index < -0.39 is 10.9 Å². The first-order valence-electron chi connectivity index (χ1n) is 6.85. The molecule has 0 aromatic rings. The predicted molar refractivity (Wildman–Crippen MR) is 77.3 cm³/mol. The lowest BCUT2D eigenvalue weighted by Gasteiger charge is -2.34. The van der Waals surface area contributed by atoms with Crippen molar-refractivity contribution in [2.45, 2.75) is 50.6 Å². The van der Waals surface area contributed by atoms with Crippen molar-refractivity contribution >= 4 is 23.5 Å². The van der Waals surface area contributed by atoms with Crippen LogP contribution in [-0.2, 0) is 14.3 Å². The van der Waals surface area contributed by atoms with Gasteiger partial charge in [-0.1, -0.05) is 0 Å². The van der Waals surface area contributed by atoms with Crippen LogP contribution in [0.25, 0.3) is 0 Å². The summed E-state index contributed by atoms with van der Waals surface area (Å²) in [6, 6.07) is -0.783. The Labute approximate surface area is 125 Å². The number of carbonyl (C=O) groups is 2. The molecule has 0 aromatic carbocycles. The van der Waals surface area contributed by atoms with Crippen molar-refractivity contribution in [3.8, 4) is 0 Å². The SMILES string of the molecule is CNC(C)C(=O)N1CCCC(C(=O)OCC(C)(C)Cl)N1. The molecule has 1 heterocycles. The van der Waals surface area contributed by atoms with E-state index in [0.717, 1.165) is 6.42 Å². The topological polar surface area (TPSA) is 70.7 Å². The van der Waals surface area contributed by atoms with Crippen molar-refractivity contribution in [1.29, 1.82) is 0 Å². The maximum atomic E-state index is 12.0. The molecule has 116 valence electrons. The lowest BCUT2D eigenvalue weighted by Crippen LogP contribution is -2.58. The van der Waals surface area contributed by atoms with Crippen LogP contribution in [0.3, 0.4) is 0 Å². The number of halogens is 1. The van der Waals surface area contributed by atoms with Crippen LogP contribution >= 0.6 is 11.6 Å². The molecule has 20 heavy (non-hydrogen) atoms. The number of amides is 1. The largest absolute Gasteiger partial charge is 0.463 e. The van der Waals surface area contributed by atoms with E-state index in [-0.39, 0.29) is 24.5 Å². The number of hydrogen-bond acceptors (Lipinski definition) is 5. The second-order valence-corrected chi connectivity index (χ2v) is 6.67. The number of nitrogens with one attached hydrogen (secondary N) is 2. The standard InChI is InChI=1S/C13H24ClN3O3/c1-9(15-4)11(18)17-7-5-6-10(16-17)12(19)20-8-13(2,3)14/h9-10,15-16H,5-8H2,1-4H3. The first-order chi connectivity index (χ1) is 9.24. The molecule has 2 unspecified atom stereocenters. The minimum Gasteiger partial charge on any atom is -0.463 e. The summed E-state index contributed by atoms with van der Waals surface area (Å²) >= 11 is 5.99. The monoisotopic (exact) mass is 305 g/mol. The van der Waals surface area contributed by atoms with Crippen molar-refractivity contribution < 1.29 is 14.3 Å². The third-order valence-corrected chi connectivity index (χ3v) is 3.21. The Kier molecular flexibility index (Phi) is 6.23. The molecule has 6 nitrogen and oxygen atoms in total. The molecule has 0 saturated carbocycles. The van der Waals surface area contributed by atoms with Gasteiger partial charge in [-0.05, 0) is 40.7 Å². The second kappa shape index (κ2) is 7.24. The quantitative estimate of drug-likeness (QED) is 0.576. The van der Waals surface area contributed by atoms with Crippen molar-refractivity contribution in [2.75, 3.05) is 20.2 Å². The molecule has 0 spiro atoms. The number of nitrogens with zero attached hydrogens (tertiary/aromatic N) is 1. The number of alkyl halides is 1. The van der Waals surface area contributed by atoms with Crippen LogP contribution < -0.4 is 10.7 Å². The van der Waals surface area contributed by atoms with Crippen LogP contribution in [0.1, 0.15) is 33.6 Å². The summed E-state index contributed by atoms with van der Waals surface area (Å²) in [5.74, 6) is -0.448. The third-order valence-electron chi connectivity index (χ3n) is 3.10. The number of ether oxygens (including phenoxy) is 1. The van der Waals surface area contributed by atoms with Gasteiger partial charge >= 0.3 is 5.97 Å². The molecule has 2 atom stereocenters. The Balaban J connectivity index is 2.52. The minimum atomic E-state index is -0.583. The molecular formula is C13H24ClN3O3. The molecule has 1 saturated heterocycles. The van der Waals surface area contributed by atoms with Crippen LogP contribution in [0, 0.1) is 0 Å². The number of rotatable bonds is 5. The zero-order valence-electron chi connectivity index (χ0n) is 12.5. The second-order valence-electron chi connectivity index (χ2n) is 5.65. The number of hydrazine groups is 1. The zero-order valence-corrected chi connectivity index (χ0v) is 13.3. The highest BCUT2D eigenvalue weighted by molar-refractivity contribution is 6.23. The van der Waals surface area contributed by atoms with Gasteiger partial charge in [0.1, 0.15) is 12.6 Å². The fourth-order valence-electron chi connectivity index (χ4n) is 1.82. The summed E-state index contributed by atoms with van der Waals surface area (Å²) in [6.45, 7) is 6.07. The Morgan fingerprint density at radius 3 is 2.75 bits per heavy atom. The van der Waals surface area contributed by atoms with Crippen molar-refractivity contribution in [1.82, 2.24) is 15.8 Å². The van der Waals surface area contributed by atoms with Gasteiger partial charge in [-0.15, -0.1) is 11.6 Å². The first-order valence-corrected chi connectivity index (χ1v) is 7.23. The molecule has 2 N–H and O–H groups in total. The maximum Gasteiger partial charge on any atom is 0.325 e. The number of carbonyl (C=O) groups excluding carboxylic acids is 2. The van der Waals surface area contributed by atoms with E-state index in [1.807, 2.05) is 0 Å². The number of likely N-dealkylation sites (N-methyl/N-ethyl adjacent to an activating group) is 1.